The van der Waals surface area contributed by atoms with Crippen LogP contribution in [-0.2, 0) is 6.61 Å². The maximum Gasteiger partial charge on any atom is 0.176 e. The van der Waals surface area contributed by atoms with Crippen molar-refractivity contribution in [1.82, 2.24) is 5.32 Å². The molecular weight excluding hydrogens is 386 g/mol. The number of aryl methyl sites for hydroxylation is 2. The molecule has 0 aliphatic carbocycles. The summed E-state index contributed by atoms with van der Waals surface area (Å²) in [7, 11) is 0. The molecule has 31 heavy (non-hydrogen) atoms. The summed E-state index contributed by atoms with van der Waals surface area (Å²) in [5.41, 5.74) is 3.63. The van der Waals surface area contributed by atoms with Gasteiger partial charge in [0.1, 0.15) is 23.9 Å². The van der Waals surface area contributed by atoms with Crippen LogP contribution in [0.2, 0.25) is 0 Å². The molecule has 0 unspecified atom stereocenters. The molecule has 0 radical (unpaired) electrons. The number of rotatable bonds is 8. The van der Waals surface area contributed by atoms with E-state index < -0.39 is 0 Å². The summed E-state index contributed by atoms with van der Waals surface area (Å²) in [4.78, 5) is 12.7. The molecule has 0 aliphatic heterocycles. The second-order valence-corrected chi connectivity index (χ2v) is 8.87. The van der Waals surface area contributed by atoms with E-state index in [1.165, 1.54) is 5.56 Å². The normalized spacial score (nSPS) is 11.3. The van der Waals surface area contributed by atoms with E-state index >= 15 is 0 Å². The number of ketones is 1. The van der Waals surface area contributed by atoms with Gasteiger partial charge in [-0.15, -0.1) is 0 Å². The molecule has 0 heterocycles. The SMILES string of the molecule is Cc1ccc(OCc2cc(C(=O)CNC(C)(C)C)ccc2Oc2cccc(C)c2)cc1. The zero-order chi connectivity index (χ0) is 22.4. The van der Waals surface area contributed by atoms with Crippen LogP contribution in [0.5, 0.6) is 17.2 Å². The Labute approximate surface area is 185 Å². The number of hydrogen-bond donors (Lipinski definition) is 1. The molecule has 0 fully saturated rings. The number of carbonyl (C=O) groups excluding carboxylic acids is 1. The lowest BCUT2D eigenvalue weighted by Crippen LogP contribution is -2.39. The maximum atomic E-state index is 12.7. The molecule has 0 saturated heterocycles. The minimum absolute atomic E-state index is 0.0358. The van der Waals surface area contributed by atoms with Gasteiger partial charge >= 0.3 is 0 Å². The number of Topliss-reactive ketones (excluding diaryl/α,β-unsaturated/α-hetero) is 1. The van der Waals surface area contributed by atoms with Gasteiger partial charge in [0.2, 0.25) is 0 Å². The van der Waals surface area contributed by atoms with E-state index in [1.54, 1.807) is 0 Å². The van der Waals surface area contributed by atoms with E-state index in [0.717, 1.165) is 22.6 Å². The molecule has 3 aromatic carbocycles. The van der Waals surface area contributed by atoms with Crippen molar-refractivity contribution in [2.75, 3.05) is 6.54 Å². The highest BCUT2D eigenvalue weighted by atomic mass is 16.5. The van der Waals surface area contributed by atoms with E-state index in [2.05, 4.69) is 5.32 Å². The fourth-order valence-electron chi connectivity index (χ4n) is 3.01. The molecule has 0 saturated carbocycles. The van der Waals surface area contributed by atoms with Gasteiger partial charge in [0, 0.05) is 16.7 Å². The smallest absolute Gasteiger partial charge is 0.176 e. The molecule has 3 aromatic rings. The zero-order valence-electron chi connectivity index (χ0n) is 19.0. The lowest BCUT2D eigenvalue weighted by molar-refractivity contribution is 0.0982. The third kappa shape index (κ3) is 6.97. The van der Waals surface area contributed by atoms with Gasteiger partial charge in [-0.2, -0.15) is 0 Å². The lowest BCUT2D eigenvalue weighted by Gasteiger charge is -2.20. The fourth-order valence-corrected chi connectivity index (χ4v) is 3.01. The zero-order valence-corrected chi connectivity index (χ0v) is 19.0. The highest BCUT2D eigenvalue weighted by molar-refractivity contribution is 5.98. The first-order chi connectivity index (χ1) is 14.7. The number of hydrogen-bond acceptors (Lipinski definition) is 4. The number of ether oxygens (including phenoxy) is 2. The molecule has 3 rings (SSSR count). The van der Waals surface area contributed by atoms with Crippen molar-refractivity contribution in [2.45, 2.75) is 46.8 Å². The topological polar surface area (TPSA) is 47.6 Å². The van der Waals surface area contributed by atoms with E-state index in [0.29, 0.717) is 17.9 Å². The maximum absolute atomic E-state index is 12.7. The van der Waals surface area contributed by atoms with Crippen molar-refractivity contribution in [3.63, 3.8) is 0 Å². The van der Waals surface area contributed by atoms with Crippen LogP contribution in [0.3, 0.4) is 0 Å². The van der Waals surface area contributed by atoms with Crippen LogP contribution in [0.25, 0.3) is 0 Å². The van der Waals surface area contributed by atoms with Crippen LogP contribution in [-0.4, -0.2) is 17.9 Å². The van der Waals surface area contributed by atoms with Crippen molar-refractivity contribution >= 4 is 5.78 Å². The molecule has 1 N–H and O–H groups in total. The average Bonchev–Trinajstić information content (AvgIpc) is 2.72. The standard InChI is InChI=1S/C27H31NO3/c1-19-9-12-23(13-10-19)30-18-22-16-21(25(29)17-28-27(3,4)5)11-14-26(22)31-24-8-6-7-20(2)15-24/h6-16,28H,17-18H2,1-5H3. The van der Waals surface area contributed by atoms with Crippen molar-refractivity contribution in [3.8, 4) is 17.2 Å². The average molecular weight is 418 g/mol. The van der Waals surface area contributed by atoms with Gasteiger partial charge in [0.25, 0.3) is 0 Å². The van der Waals surface area contributed by atoms with Crippen molar-refractivity contribution in [3.05, 3.63) is 89.0 Å². The van der Waals surface area contributed by atoms with Crippen LogP contribution < -0.4 is 14.8 Å². The molecule has 0 atom stereocenters. The van der Waals surface area contributed by atoms with Crippen LogP contribution >= 0.6 is 0 Å². The monoisotopic (exact) mass is 417 g/mol. The fraction of sp³-hybridized carbons (Fsp3) is 0.296. The van der Waals surface area contributed by atoms with Crippen molar-refractivity contribution in [2.24, 2.45) is 0 Å². The van der Waals surface area contributed by atoms with Gasteiger partial charge in [0.05, 0.1) is 6.54 Å². The molecular formula is C27H31NO3. The molecule has 0 aromatic heterocycles. The van der Waals surface area contributed by atoms with E-state index in [-0.39, 0.29) is 17.9 Å². The highest BCUT2D eigenvalue weighted by Crippen LogP contribution is 2.28. The molecule has 0 amide bonds. The number of nitrogens with one attached hydrogen (secondary N) is 1. The Balaban J connectivity index is 1.84. The van der Waals surface area contributed by atoms with Gasteiger partial charge in [-0.1, -0.05) is 29.8 Å². The van der Waals surface area contributed by atoms with Gasteiger partial charge in [0.15, 0.2) is 5.78 Å². The third-order valence-corrected chi connectivity index (χ3v) is 4.79. The first kappa shape index (κ1) is 22.6. The molecule has 0 bridgehead atoms. The Morgan fingerprint density at radius 2 is 1.61 bits per heavy atom. The van der Waals surface area contributed by atoms with E-state index in [1.807, 2.05) is 101 Å². The Bertz CT molecular complexity index is 1030. The van der Waals surface area contributed by atoms with Gasteiger partial charge in [-0.25, -0.2) is 0 Å². The molecule has 162 valence electrons. The molecule has 0 spiro atoms. The summed E-state index contributed by atoms with van der Waals surface area (Å²) in [5.74, 6) is 2.25. The Kier molecular flexibility index (Phi) is 7.13. The second-order valence-electron chi connectivity index (χ2n) is 8.87. The van der Waals surface area contributed by atoms with E-state index in [4.69, 9.17) is 9.47 Å². The number of carbonyl (C=O) groups is 1. The summed E-state index contributed by atoms with van der Waals surface area (Å²) >= 11 is 0. The van der Waals surface area contributed by atoms with Gasteiger partial charge < -0.3 is 14.8 Å². The Hall–Kier alpha value is -3.11. The summed E-state index contributed by atoms with van der Waals surface area (Å²) in [5, 5.41) is 3.25. The summed E-state index contributed by atoms with van der Waals surface area (Å²) in [6.45, 7) is 10.8. The van der Waals surface area contributed by atoms with Crippen molar-refractivity contribution < 1.29 is 14.3 Å². The minimum atomic E-state index is -0.124. The summed E-state index contributed by atoms with van der Waals surface area (Å²) in [6, 6.07) is 21.3. The van der Waals surface area contributed by atoms with Gasteiger partial charge in [-0.3, -0.25) is 4.79 Å². The van der Waals surface area contributed by atoms with Crippen LogP contribution in [0, 0.1) is 13.8 Å². The second kappa shape index (κ2) is 9.80. The summed E-state index contributed by atoms with van der Waals surface area (Å²) in [6.07, 6.45) is 0. The van der Waals surface area contributed by atoms with Crippen LogP contribution in [0.1, 0.15) is 47.8 Å². The third-order valence-electron chi connectivity index (χ3n) is 4.79. The van der Waals surface area contributed by atoms with Crippen LogP contribution in [0.15, 0.2) is 66.7 Å². The lowest BCUT2D eigenvalue weighted by atomic mass is 10.0. The molecule has 0 aliphatic rings. The Morgan fingerprint density at radius 3 is 2.29 bits per heavy atom. The predicted molar refractivity (Wildman–Crippen MR) is 125 cm³/mol. The molecule has 4 heteroatoms. The largest absolute Gasteiger partial charge is 0.489 e. The minimum Gasteiger partial charge on any atom is -0.489 e. The first-order valence-electron chi connectivity index (χ1n) is 10.5. The first-order valence-corrected chi connectivity index (χ1v) is 10.5. The quantitative estimate of drug-likeness (QED) is 0.440. The van der Waals surface area contributed by atoms with E-state index in [9.17, 15) is 4.79 Å². The Morgan fingerprint density at radius 1 is 0.871 bits per heavy atom. The van der Waals surface area contributed by atoms with Crippen molar-refractivity contribution in [1.29, 1.82) is 0 Å². The predicted octanol–water partition coefficient (Wildman–Crippen LogP) is 6.25. The summed E-state index contributed by atoms with van der Waals surface area (Å²) < 4.78 is 12.1. The van der Waals surface area contributed by atoms with Crippen LogP contribution in [0.4, 0.5) is 0 Å². The highest BCUT2D eigenvalue weighted by Gasteiger charge is 2.15. The number of benzene rings is 3. The molecule has 4 nitrogen and oxygen atoms in total. The van der Waals surface area contributed by atoms with Gasteiger partial charge in [-0.05, 0) is 82.6 Å².